The molecule has 1 N–H and O–H groups in total. The van der Waals surface area contributed by atoms with Gasteiger partial charge in [-0.25, -0.2) is 4.79 Å². The maximum atomic E-state index is 12.3. The molecule has 0 saturated carbocycles. The Morgan fingerprint density at radius 1 is 1.17 bits per heavy atom. The summed E-state index contributed by atoms with van der Waals surface area (Å²) in [5.41, 5.74) is 2.24. The number of benzene rings is 2. The van der Waals surface area contributed by atoms with Gasteiger partial charge in [-0.2, -0.15) is 0 Å². The molecule has 2 aromatic carbocycles. The average molecular weight is 409 g/mol. The van der Waals surface area contributed by atoms with E-state index in [1.165, 1.54) is 13.0 Å². The number of esters is 1. The molecule has 2 aromatic rings. The lowest BCUT2D eigenvalue weighted by Gasteiger charge is -2.12. The molecule has 0 aliphatic carbocycles. The van der Waals surface area contributed by atoms with Crippen LogP contribution in [-0.4, -0.2) is 44.0 Å². The van der Waals surface area contributed by atoms with Crippen LogP contribution in [0.5, 0.6) is 11.5 Å². The molecule has 1 atom stereocenters. The summed E-state index contributed by atoms with van der Waals surface area (Å²) in [7, 11) is 1.58. The van der Waals surface area contributed by atoms with E-state index in [2.05, 4.69) is 5.32 Å². The number of hydrogen-bond donors (Lipinski definition) is 1. The first-order chi connectivity index (χ1) is 14.5. The van der Waals surface area contributed by atoms with Gasteiger partial charge >= 0.3 is 5.97 Å². The molecule has 0 radical (unpaired) electrons. The molecule has 0 unspecified atom stereocenters. The molecule has 1 heterocycles. The molecule has 1 aliphatic rings. The number of hydrogen-bond acceptors (Lipinski definition) is 6. The Hall–Kier alpha value is -3.61. The maximum Gasteiger partial charge on any atom is 0.328 e. The standard InChI is InChI=1S/C23H23NO6/c1-15(24-22(26)10-5-16-3-7-19(28-2)8-4-16)23(27)30-14-20(25)17-6-9-21-18(13-17)11-12-29-21/h3-10,13,15H,11-12,14H2,1-2H3,(H,24,26)/b10-5+/t15-/m0/s1. The zero-order valence-corrected chi connectivity index (χ0v) is 16.8. The topological polar surface area (TPSA) is 90.9 Å². The van der Waals surface area contributed by atoms with Crippen LogP contribution in [0.1, 0.15) is 28.4 Å². The molecule has 1 amide bonds. The van der Waals surface area contributed by atoms with E-state index in [1.54, 1.807) is 55.7 Å². The predicted molar refractivity (Wildman–Crippen MR) is 111 cm³/mol. The first-order valence-corrected chi connectivity index (χ1v) is 9.54. The van der Waals surface area contributed by atoms with Gasteiger partial charge in [0, 0.05) is 18.1 Å². The lowest BCUT2D eigenvalue weighted by atomic mass is 10.1. The van der Waals surface area contributed by atoms with Crippen molar-refractivity contribution in [2.45, 2.75) is 19.4 Å². The Labute approximate surface area is 174 Å². The summed E-state index contributed by atoms with van der Waals surface area (Å²) in [4.78, 5) is 36.4. The lowest BCUT2D eigenvalue weighted by molar-refractivity contribution is -0.145. The van der Waals surface area contributed by atoms with Crippen LogP contribution in [0.15, 0.2) is 48.5 Å². The number of ketones is 1. The highest BCUT2D eigenvalue weighted by molar-refractivity contribution is 5.99. The van der Waals surface area contributed by atoms with E-state index in [1.807, 2.05) is 0 Å². The zero-order valence-electron chi connectivity index (χ0n) is 16.8. The second-order valence-electron chi connectivity index (χ2n) is 6.79. The summed E-state index contributed by atoms with van der Waals surface area (Å²) in [5.74, 6) is 0.0635. The maximum absolute atomic E-state index is 12.3. The molecular formula is C23H23NO6. The number of carbonyl (C=O) groups is 3. The summed E-state index contributed by atoms with van der Waals surface area (Å²) in [5, 5.41) is 2.52. The minimum absolute atomic E-state index is 0.309. The van der Waals surface area contributed by atoms with Gasteiger partial charge in [-0.15, -0.1) is 0 Å². The van der Waals surface area contributed by atoms with Crippen LogP contribution >= 0.6 is 0 Å². The van der Waals surface area contributed by atoms with Crippen molar-refractivity contribution in [3.63, 3.8) is 0 Å². The first kappa shape index (κ1) is 21.1. The van der Waals surface area contributed by atoms with Gasteiger partial charge in [0.2, 0.25) is 5.91 Å². The number of fused-ring (bicyclic) bond motifs is 1. The van der Waals surface area contributed by atoms with E-state index in [0.29, 0.717) is 12.2 Å². The number of methoxy groups -OCH3 is 1. The number of amides is 1. The highest BCUT2D eigenvalue weighted by Gasteiger charge is 2.19. The molecule has 7 heteroatoms. The van der Waals surface area contributed by atoms with Crippen LogP contribution in [0, 0.1) is 0 Å². The largest absolute Gasteiger partial charge is 0.497 e. The third kappa shape index (κ3) is 5.47. The summed E-state index contributed by atoms with van der Waals surface area (Å²) in [6.45, 7) is 1.71. The zero-order chi connectivity index (χ0) is 21.5. The van der Waals surface area contributed by atoms with Crippen LogP contribution in [-0.2, 0) is 20.7 Å². The second-order valence-corrected chi connectivity index (χ2v) is 6.79. The molecule has 0 aromatic heterocycles. The van der Waals surface area contributed by atoms with Crippen molar-refractivity contribution in [3.05, 3.63) is 65.2 Å². The second kappa shape index (κ2) is 9.73. The van der Waals surface area contributed by atoms with Crippen LogP contribution in [0.2, 0.25) is 0 Å². The molecule has 0 spiro atoms. The van der Waals surface area contributed by atoms with E-state index in [-0.39, 0.29) is 12.4 Å². The Kier molecular flexibility index (Phi) is 6.85. The quantitative estimate of drug-likeness (QED) is 0.409. The Bertz CT molecular complexity index is 964. The fraction of sp³-hybridized carbons (Fsp3) is 0.261. The van der Waals surface area contributed by atoms with Crippen LogP contribution in [0.4, 0.5) is 0 Å². The van der Waals surface area contributed by atoms with Gasteiger partial charge in [0.05, 0.1) is 13.7 Å². The van der Waals surface area contributed by atoms with Gasteiger partial charge in [-0.3, -0.25) is 9.59 Å². The summed E-state index contributed by atoms with van der Waals surface area (Å²) in [6.07, 6.45) is 3.70. The van der Waals surface area contributed by atoms with Crippen molar-refractivity contribution in [1.29, 1.82) is 0 Å². The number of carbonyl (C=O) groups excluding carboxylic acids is 3. The van der Waals surface area contributed by atoms with Crippen molar-refractivity contribution in [2.75, 3.05) is 20.3 Å². The lowest BCUT2D eigenvalue weighted by Crippen LogP contribution is -2.39. The van der Waals surface area contributed by atoms with Crippen LogP contribution in [0.3, 0.4) is 0 Å². The third-order valence-electron chi connectivity index (χ3n) is 4.61. The minimum atomic E-state index is -0.890. The Balaban J connectivity index is 1.46. The fourth-order valence-electron chi connectivity index (χ4n) is 2.91. The van der Waals surface area contributed by atoms with Gasteiger partial charge < -0.3 is 19.5 Å². The first-order valence-electron chi connectivity index (χ1n) is 9.54. The summed E-state index contributed by atoms with van der Waals surface area (Å²) >= 11 is 0. The van der Waals surface area contributed by atoms with Gasteiger partial charge in [-0.05, 0) is 54.5 Å². The van der Waals surface area contributed by atoms with Gasteiger partial charge in [0.15, 0.2) is 12.4 Å². The van der Waals surface area contributed by atoms with E-state index in [0.717, 1.165) is 29.0 Å². The molecular weight excluding hydrogens is 386 g/mol. The summed E-state index contributed by atoms with van der Waals surface area (Å²) in [6, 6.07) is 11.4. The fourth-order valence-corrected chi connectivity index (χ4v) is 2.91. The Morgan fingerprint density at radius 2 is 1.93 bits per heavy atom. The number of nitrogens with one attached hydrogen (secondary N) is 1. The number of rotatable bonds is 8. The smallest absolute Gasteiger partial charge is 0.328 e. The molecule has 1 aliphatic heterocycles. The molecule has 0 saturated heterocycles. The molecule has 156 valence electrons. The van der Waals surface area contributed by atoms with E-state index in [9.17, 15) is 14.4 Å². The van der Waals surface area contributed by atoms with E-state index >= 15 is 0 Å². The van der Waals surface area contributed by atoms with Gasteiger partial charge in [0.25, 0.3) is 0 Å². The highest BCUT2D eigenvalue weighted by atomic mass is 16.5. The molecule has 0 fully saturated rings. The number of ether oxygens (including phenoxy) is 3. The van der Waals surface area contributed by atoms with Crippen molar-refractivity contribution >= 4 is 23.7 Å². The minimum Gasteiger partial charge on any atom is -0.497 e. The average Bonchev–Trinajstić information content (AvgIpc) is 3.24. The van der Waals surface area contributed by atoms with Crippen molar-refractivity contribution < 1.29 is 28.6 Å². The van der Waals surface area contributed by atoms with Crippen molar-refractivity contribution in [1.82, 2.24) is 5.32 Å². The molecule has 0 bridgehead atoms. The van der Waals surface area contributed by atoms with E-state index < -0.39 is 17.9 Å². The normalized spacial score (nSPS) is 13.3. The van der Waals surface area contributed by atoms with Gasteiger partial charge in [0.1, 0.15) is 17.5 Å². The van der Waals surface area contributed by atoms with Crippen LogP contribution in [0.25, 0.3) is 6.08 Å². The monoisotopic (exact) mass is 409 g/mol. The number of Topliss-reactive ketones (excluding diaryl/α,β-unsaturated/α-hetero) is 1. The predicted octanol–water partition coefficient (Wildman–Crippen LogP) is 2.57. The molecule has 30 heavy (non-hydrogen) atoms. The molecule has 3 rings (SSSR count). The van der Waals surface area contributed by atoms with Crippen molar-refractivity contribution in [3.8, 4) is 11.5 Å². The highest BCUT2D eigenvalue weighted by Crippen LogP contribution is 2.26. The SMILES string of the molecule is COc1ccc(/C=C/C(=O)N[C@@H](C)C(=O)OCC(=O)c2ccc3c(c2)CCO3)cc1. The summed E-state index contributed by atoms with van der Waals surface area (Å²) < 4.78 is 15.5. The van der Waals surface area contributed by atoms with Crippen LogP contribution < -0.4 is 14.8 Å². The molecule has 7 nitrogen and oxygen atoms in total. The van der Waals surface area contributed by atoms with E-state index in [4.69, 9.17) is 14.2 Å². The third-order valence-corrected chi connectivity index (χ3v) is 4.61. The van der Waals surface area contributed by atoms with Crippen molar-refractivity contribution in [2.24, 2.45) is 0 Å². The Morgan fingerprint density at radius 3 is 2.67 bits per heavy atom. The van der Waals surface area contributed by atoms with Gasteiger partial charge in [-0.1, -0.05) is 12.1 Å².